The number of anilines is 2. The molecule has 27 heavy (non-hydrogen) atoms. The molecule has 1 aromatic carbocycles. The molecule has 1 aliphatic rings. The van der Waals surface area contributed by atoms with Crippen LogP contribution in [0.15, 0.2) is 60.2 Å². The number of thiophene rings is 1. The largest absolute Gasteiger partial charge is 0.368 e. The average molecular weight is 379 g/mol. The van der Waals surface area contributed by atoms with Crippen molar-refractivity contribution in [2.45, 2.75) is 0 Å². The van der Waals surface area contributed by atoms with Crippen molar-refractivity contribution in [2.75, 3.05) is 36.0 Å². The Balaban J connectivity index is 1.39. The van der Waals surface area contributed by atoms with Gasteiger partial charge in [-0.05, 0) is 41.8 Å². The first kappa shape index (κ1) is 16.3. The maximum Gasteiger partial charge on any atom is 0.154 e. The van der Waals surface area contributed by atoms with E-state index in [9.17, 15) is 4.39 Å². The zero-order chi connectivity index (χ0) is 18.2. The first-order valence-electron chi connectivity index (χ1n) is 8.92. The molecule has 1 fully saturated rings. The molecule has 0 amide bonds. The summed E-state index contributed by atoms with van der Waals surface area (Å²) in [7, 11) is 0. The smallest absolute Gasteiger partial charge is 0.154 e. The van der Waals surface area contributed by atoms with E-state index in [1.165, 1.54) is 12.1 Å². The zero-order valence-corrected chi connectivity index (χ0v) is 15.4. The van der Waals surface area contributed by atoms with Crippen LogP contribution >= 0.6 is 11.3 Å². The van der Waals surface area contributed by atoms with E-state index in [4.69, 9.17) is 5.10 Å². The lowest BCUT2D eigenvalue weighted by Crippen LogP contribution is -2.47. The van der Waals surface area contributed by atoms with Crippen molar-refractivity contribution in [2.24, 2.45) is 0 Å². The summed E-state index contributed by atoms with van der Waals surface area (Å²) in [6.07, 6.45) is 3.70. The average Bonchev–Trinajstić information content (AvgIpc) is 3.38. The third-order valence-corrected chi connectivity index (χ3v) is 5.81. The molecular formula is C20H18FN5S. The highest BCUT2D eigenvalue weighted by atomic mass is 32.1. The minimum absolute atomic E-state index is 0.199. The van der Waals surface area contributed by atoms with Gasteiger partial charge in [0.15, 0.2) is 5.82 Å². The van der Waals surface area contributed by atoms with Gasteiger partial charge in [0.1, 0.15) is 17.0 Å². The molecular weight excluding hydrogens is 361 g/mol. The number of hydrogen-bond donors (Lipinski definition) is 0. The van der Waals surface area contributed by atoms with Gasteiger partial charge in [0.25, 0.3) is 0 Å². The van der Waals surface area contributed by atoms with Crippen LogP contribution in [0.25, 0.3) is 16.1 Å². The second kappa shape index (κ2) is 6.66. The predicted octanol–water partition coefficient (Wildman–Crippen LogP) is 3.92. The van der Waals surface area contributed by atoms with E-state index >= 15 is 0 Å². The number of rotatable bonds is 3. The summed E-state index contributed by atoms with van der Waals surface area (Å²) in [6.45, 7) is 3.48. The maximum atomic E-state index is 13.1. The minimum atomic E-state index is -0.199. The van der Waals surface area contributed by atoms with Crippen LogP contribution in [0, 0.1) is 5.82 Å². The predicted molar refractivity (Wildman–Crippen MR) is 107 cm³/mol. The highest BCUT2D eigenvalue weighted by molar-refractivity contribution is 7.13. The van der Waals surface area contributed by atoms with Crippen LogP contribution in [0.1, 0.15) is 0 Å². The minimum Gasteiger partial charge on any atom is -0.368 e. The van der Waals surface area contributed by atoms with Gasteiger partial charge in [-0.3, -0.25) is 0 Å². The molecule has 0 unspecified atom stereocenters. The zero-order valence-electron chi connectivity index (χ0n) is 14.6. The number of hydrogen-bond acceptors (Lipinski definition) is 5. The molecule has 7 heteroatoms. The van der Waals surface area contributed by atoms with Crippen molar-refractivity contribution in [1.29, 1.82) is 0 Å². The molecule has 0 atom stereocenters. The van der Waals surface area contributed by atoms with Crippen LogP contribution in [-0.2, 0) is 0 Å². The summed E-state index contributed by atoms with van der Waals surface area (Å²) in [4.78, 5) is 10.4. The van der Waals surface area contributed by atoms with Crippen molar-refractivity contribution in [3.05, 3.63) is 66.1 Å². The highest BCUT2D eigenvalue weighted by Crippen LogP contribution is 2.28. The lowest BCUT2D eigenvalue weighted by atomic mass is 10.2. The number of piperazine rings is 1. The summed E-state index contributed by atoms with van der Waals surface area (Å²) >= 11 is 1.69. The van der Waals surface area contributed by atoms with Crippen LogP contribution in [0.2, 0.25) is 0 Å². The SMILES string of the molecule is Fc1ccc(N2CCN(c3nccn4nc(-c5cccs5)cc34)CC2)cc1. The van der Waals surface area contributed by atoms with Gasteiger partial charge in [0.2, 0.25) is 0 Å². The van der Waals surface area contributed by atoms with Crippen LogP contribution in [0.4, 0.5) is 15.9 Å². The Kier molecular flexibility index (Phi) is 4.01. The topological polar surface area (TPSA) is 36.7 Å². The van der Waals surface area contributed by atoms with Crippen LogP contribution < -0.4 is 9.80 Å². The fourth-order valence-electron chi connectivity index (χ4n) is 3.53. The Morgan fingerprint density at radius 1 is 0.963 bits per heavy atom. The molecule has 1 saturated heterocycles. The summed E-state index contributed by atoms with van der Waals surface area (Å²) in [6, 6.07) is 13.0. The van der Waals surface area contributed by atoms with E-state index in [1.54, 1.807) is 17.5 Å². The van der Waals surface area contributed by atoms with Crippen LogP contribution in [-0.4, -0.2) is 40.8 Å². The van der Waals surface area contributed by atoms with E-state index in [0.29, 0.717) is 0 Å². The first-order chi connectivity index (χ1) is 13.3. The van der Waals surface area contributed by atoms with Crippen molar-refractivity contribution >= 4 is 28.4 Å². The van der Waals surface area contributed by atoms with E-state index < -0.39 is 0 Å². The van der Waals surface area contributed by atoms with Gasteiger partial charge >= 0.3 is 0 Å². The molecule has 0 saturated carbocycles. The molecule has 136 valence electrons. The van der Waals surface area contributed by atoms with Gasteiger partial charge in [-0.15, -0.1) is 11.3 Å². The summed E-state index contributed by atoms with van der Waals surface area (Å²) in [5.74, 6) is 0.766. The van der Waals surface area contributed by atoms with Gasteiger partial charge in [0, 0.05) is 44.3 Å². The standard InChI is InChI=1S/C20H18FN5S/c21-15-3-5-16(6-4-15)24-9-11-25(12-10-24)20-18-14-17(19-2-1-13-27-19)23-26(18)8-7-22-20/h1-8,13-14H,9-12H2. The second-order valence-corrected chi connectivity index (χ2v) is 7.49. The molecule has 1 aliphatic heterocycles. The van der Waals surface area contributed by atoms with Crippen molar-refractivity contribution in [3.8, 4) is 10.6 Å². The number of fused-ring (bicyclic) bond motifs is 1. The molecule has 5 nitrogen and oxygen atoms in total. The number of aromatic nitrogens is 3. The monoisotopic (exact) mass is 379 g/mol. The molecule has 0 N–H and O–H groups in total. The van der Waals surface area contributed by atoms with E-state index in [-0.39, 0.29) is 5.82 Å². The lowest BCUT2D eigenvalue weighted by Gasteiger charge is -2.36. The van der Waals surface area contributed by atoms with Gasteiger partial charge < -0.3 is 9.80 Å². The molecule has 3 aromatic heterocycles. The first-order valence-corrected chi connectivity index (χ1v) is 9.80. The van der Waals surface area contributed by atoms with Crippen molar-refractivity contribution < 1.29 is 4.39 Å². The highest BCUT2D eigenvalue weighted by Gasteiger charge is 2.21. The Bertz CT molecular complexity index is 1050. The van der Waals surface area contributed by atoms with Crippen LogP contribution in [0.3, 0.4) is 0 Å². The Morgan fingerprint density at radius 3 is 2.48 bits per heavy atom. The Labute approximate surface area is 160 Å². The van der Waals surface area contributed by atoms with E-state index in [1.807, 2.05) is 28.9 Å². The van der Waals surface area contributed by atoms with Crippen molar-refractivity contribution in [3.63, 3.8) is 0 Å². The summed E-state index contributed by atoms with van der Waals surface area (Å²) in [5, 5.41) is 6.76. The molecule has 0 radical (unpaired) electrons. The molecule has 0 spiro atoms. The Morgan fingerprint density at radius 2 is 1.74 bits per heavy atom. The Hall–Kier alpha value is -2.93. The molecule has 4 heterocycles. The fourth-order valence-corrected chi connectivity index (χ4v) is 4.21. The molecule has 0 aliphatic carbocycles. The third-order valence-electron chi connectivity index (χ3n) is 4.91. The number of halogens is 1. The van der Waals surface area contributed by atoms with E-state index in [2.05, 4.69) is 32.3 Å². The molecule has 4 aromatic rings. The molecule has 0 bridgehead atoms. The van der Waals surface area contributed by atoms with Gasteiger partial charge in [-0.1, -0.05) is 6.07 Å². The van der Waals surface area contributed by atoms with Gasteiger partial charge in [-0.25, -0.2) is 13.9 Å². The lowest BCUT2D eigenvalue weighted by molar-refractivity contribution is 0.624. The van der Waals surface area contributed by atoms with E-state index in [0.717, 1.165) is 53.8 Å². The molecule has 5 rings (SSSR count). The third kappa shape index (κ3) is 3.04. The normalized spacial score (nSPS) is 14.9. The summed E-state index contributed by atoms with van der Waals surface area (Å²) in [5.41, 5.74) is 3.06. The van der Waals surface area contributed by atoms with Gasteiger partial charge in [0.05, 0.1) is 4.88 Å². The number of benzene rings is 1. The summed E-state index contributed by atoms with van der Waals surface area (Å²) < 4.78 is 15.1. The van der Waals surface area contributed by atoms with Crippen LogP contribution in [0.5, 0.6) is 0 Å². The quantitative estimate of drug-likeness (QED) is 0.541. The second-order valence-electron chi connectivity index (χ2n) is 6.54. The fraction of sp³-hybridized carbons (Fsp3) is 0.200. The van der Waals surface area contributed by atoms with Gasteiger partial charge in [-0.2, -0.15) is 5.10 Å². The number of nitrogens with zero attached hydrogens (tertiary/aromatic N) is 5. The maximum absolute atomic E-state index is 13.1. The van der Waals surface area contributed by atoms with Crippen molar-refractivity contribution in [1.82, 2.24) is 14.6 Å².